The van der Waals surface area contributed by atoms with Gasteiger partial charge in [0.1, 0.15) is 11.8 Å². The van der Waals surface area contributed by atoms with Gasteiger partial charge >= 0.3 is 0 Å². The van der Waals surface area contributed by atoms with Crippen LogP contribution in [0.5, 0.6) is 5.75 Å². The van der Waals surface area contributed by atoms with E-state index >= 15 is 0 Å². The lowest BCUT2D eigenvalue weighted by molar-refractivity contribution is -0.127. The van der Waals surface area contributed by atoms with Gasteiger partial charge in [0.2, 0.25) is 5.91 Å². The topological polar surface area (TPSA) is 78.2 Å². The van der Waals surface area contributed by atoms with Crippen LogP contribution in [0.3, 0.4) is 0 Å². The molecule has 0 spiro atoms. The lowest BCUT2D eigenvalue weighted by Crippen LogP contribution is -2.29. The number of benzene rings is 1. The Balaban J connectivity index is 1.65. The summed E-state index contributed by atoms with van der Waals surface area (Å²) in [4.78, 5) is 18.1. The number of likely N-dealkylation sites (tertiary alicyclic amines) is 1. The van der Waals surface area contributed by atoms with Crippen molar-refractivity contribution in [1.82, 2.24) is 15.2 Å². The molecule has 1 aromatic heterocycles. The Morgan fingerprint density at radius 3 is 2.81 bits per heavy atom. The average molecular weight is 350 g/mol. The van der Waals surface area contributed by atoms with Gasteiger partial charge in [-0.05, 0) is 35.4 Å². The number of carbonyl (C=O) groups excluding carboxylic acids is 1. The predicted molar refractivity (Wildman–Crippen MR) is 97.3 cm³/mol. The van der Waals surface area contributed by atoms with Crippen LogP contribution < -0.4 is 10.1 Å². The summed E-state index contributed by atoms with van der Waals surface area (Å²) in [5.41, 5.74) is 2.68. The minimum absolute atomic E-state index is 0.0634. The van der Waals surface area contributed by atoms with Crippen LogP contribution in [0.4, 0.5) is 0 Å². The van der Waals surface area contributed by atoms with Crippen LogP contribution in [0.25, 0.3) is 0 Å². The fraction of sp³-hybridized carbons (Fsp3) is 0.350. The van der Waals surface area contributed by atoms with Gasteiger partial charge < -0.3 is 15.0 Å². The number of pyridine rings is 1. The molecule has 1 amide bonds. The van der Waals surface area contributed by atoms with E-state index < -0.39 is 0 Å². The second kappa shape index (κ2) is 7.98. The highest BCUT2D eigenvalue weighted by molar-refractivity contribution is 5.79. The van der Waals surface area contributed by atoms with Crippen molar-refractivity contribution in [2.45, 2.75) is 19.0 Å². The van der Waals surface area contributed by atoms with E-state index in [0.29, 0.717) is 24.3 Å². The lowest BCUT2D eigenvalue weighted by atomic mass is 9.94. The average Bonchev–Trinajstić information content (AvgIpc) is 2.96. The number of aromatic nitrogens is 1. The van der Waals surface area contributed by atoms with Gasteiger partial charge in [0.05, 0.1) is 18.7 Å². The van der Waals surface area contributed by atoms with E-state index in [4.69, 9.17) is 10.00 Å². The molecule has 3 rings (SSSR count). The Morgan fingerprint density at radius 2 is 2.12 bits per heavy atom. The lowest BCUT2D eigenvalue weighted by Gasteiger charge is -2.25. The number of ether oxygens (including phenoxy) is 1. The Kier molecular flexibility index (Phi) is 5.49. The van der Waals surface area contributed by atoms with Gasteiger partial charge in [-0.25, -0.2) is 0 Å². The van der Waals surface area contributed by atoms with Crippen molar-refractivity contribution in [3.63, 3.8) is 0 Å². The maximum atomic E-state index is 12.2. The van der Waals surface area contributed by atoms with Gasteiger partial charge in [-0.1, -0.05) is 6.07 Å². The van der Waals surface area contributed by atoms with Gasteiger partial charge in [-0.2, -0.15) is 5.26 Å². The molecule has 6 heteroatoms. The highest BCUT2D eigenvalue weighted by atomic mass is 16.5. The molecule has 0 radical (unpaired) electrons. The SMILES string of the molecule is COc1cc(CNC[C@@H]2CC(=O)N(C)[C@H]2c2ccncc2)ccc1C#N. The third-order valence-electron chi connectivity index (χ3n) is 4.86. The van der Waals surface area contributed by atoms with E-state index in [1.54, 1.807) is 25.6 Å². The van der Waals surface area contributed by atoms with E-state index in [2.05, 4.69) is 16.4 Å². The zero-order valence-electron chi connectivity index (χ0n) is 15.0. The first-order chi connectivity index (χ1) is 12.6. The number of nitriles is 1. The molecule has 0 bridgehead atoms. The molecule has 26 heavy (non-hydrogen) atoms. The third kappa shape index (κ3) is 3.68. The fourth-order valence-electron chi connectivity index (χ4n) is 3.53. The molecule has 0 unspecified atom stereocenters. The molecule has 1 aromatic carbocycles. The van der Waals surface area contributed by atoms with Crippen molar-refractivity contribution >= 4 is 5.91 Å². The first-order valence-corrected chi connectivity index (χ1v) is 8.57. The van der Waals surface area contributed by atoms with E-state index in [0.717, 1.165) is 17.7 Å². The van der Waals surface area contributed by atoms with Crippen molar-refractivity contribution in [2.24, 2.45) is 5.92 Å². The minimum atomic E-state index is 0.0634. The van der Waals surface area contributed by atoms with Crippen LogP contribution in [0.2, 0.25) is 0 Å². The van der Waals surface area contributed by atoms with Crippen LogP contribution >= 0.6 is 0 Å². The van der Waals surface area contributed by atoms with Crippen LogP contribution in [-0.4, -0.2) is 36.5 Å². The quantitative estimate of drug-likeness (QED) is 0.865. The third-order valence-corrected chi connectivity index (χ3v) is 4.86. The van der Waals surface area contributed by atoms with E-state index in [1.165, 1.54) is 0 Å². The summed E-state index contributed by atoms with van der Waals surface area (Å²) in [6.07, 6.45) is 4.06. The normalized spacial score (nSPS) is 19.4. The van der Waals surface area contributed by atoms with E-state index in [1.807, 2.05) is 36.2 Å². The first-order valence-electron chi connectivity index (χ1n) is 8.57. The van der Waals surface area contributed by atoms with Crippen molar-refractivity contribution < 1.29 is 9.53 Å². The van der Waals surface area contributed by atoms with Crippen LogP contribution in [0.1, 0.15) is 29.2 Å². The molecule has 6 nitrogen and oxygen atoms in total. The molecule has 1 saturated heterocycles. The molecular formula is C20H22N4O2. The van der Waals surface area contributed by atoms with Crippen molar-refractivity contribution in [3.8, 4) is 11.8 Å². The zero-order chi connectivity index (χ0) is 18.5. The number of nitrogens with one attached hydrogen (secondary N) is 1. The Morgan fingerprint density at radius 1 is 1.35 bits per heavy atom. The van der Waals surface area contributed by atoms with Gasteiger partial charge in [-0.15, -0.1) is 0 Å². The summed E-state index contributed by atoms with van der Waals surface area (Å²) in [5.74, 6) is 0.950. The molecule has 1 aliphatic rings. The van der Waals surface area contributed by atoms with Crippen LogP contribution in [0.15, 0.2) is 42.7 Å². The number of methoxy groups -OCH3 is 1. The number of amides is 1. The smallest absolute Gasteiger partial charge is 0.223 e. The summed E-state index contributed by atoms with van der Waals surface area (Å²) >= 11 is 0. The maximum absolute atomic E-state index is 12.2. The van der Waals surface area contributed by atoms with Crippen LogP contribution in [-0.2, 0) is 11.3 Å². The molecule has 1 N–H and O–H groups in total. The summed E-state index contributed by atoms with van der Waals surface area (Å²) in [6, 6.07) is 11.7. The van der Waals surface area contributed by atoms with Crippen LogP contribution in [0, 0.1) is 17.2 Å². The second-order valence-corrected chi connectivity index (χ2v) is 6.47. The monoisotopic (exact) mass is 350 g/mol. The van der Waals surface area contributed by atoms with Crippen molar-refractivity contribution in [2.75, 3.05) is 20.7 Å². The standard InChI is InChI=1S/C20H22N4O2/c1-24-19(25)10-17(20(24)15-5-7-22-8-6-15)13-23-12-14-3-4-16(11-21)18(9-14)26-2/h3-9,17,20,23H,10,12-13H2,1-2H3/t17-,20-/m0/s1. The fourth-order valence-corrected chi connectivity index (χ4v) is 3.53. The largest absolute Gasteiger partial charge is 0.495 e. The highest BCUT2D eigenvalue weighted by Gasteiger charge is 2.37. The number of rotatable bonds is 6. The molecule has 0 aliphatic carbocycles. The van der Waals surface area contributed by atoms with Crippen molar-refractivity contribution in [3.05, 3.63) is 59.4 Å². The molecular weight excluding hydrogens is 328 g/mol. The Hall–Kier alpha value is -2.91. The van der Waals surface area contributed by atoms with E-state index in [-0.39, 0.29) is 17.9 Å². The number of hydrogen-bond acceptors (Lipinski definition) is 5. The Bertz CT molecular complexity index is 816. The molecule has 0 saturated carbocycles. The minimum Gasteiger partial charge on any atom is -0.495 e. The zero-order valence-corrected chi connectivity index (χ0v) is 15.0. The van der Waals surface area contributed by atoms with Gasteiger partial charge in [0.15, 0.2) is 0 Å². The number of hydrogen-bond donors (Lipinski definition) is 1. The number of carbonyl (C=O) groups is 1. The van der Waals surface area contributed by atoms with Gasteiger partial charge in [-0.3, -0.25) is 9.78 Å². The second-order valence-electron chi connectivity index (χ2n) is 6.47. The molecule has 2 atom stereocenters. The maximum Gasteiger partial charge on any atom is 0.223 e. The summed E-state index contributed by atoms with van der Waals surface area (Å²) in [5, 5.41) is 12.5. The molecule has 2 heterocycles. The first kappa shape index (κ1) is 17.9. The van der Waals surface area contributed by atoms with Gasteiger partial charge in [0.25, 0.3) is 0 Å². The summed E-state index contributed by atoms with van der Waals surface area (Å²) in [6.45, 7) is 1.38. The van der Waals surface area contributed by atoms with E-state index in [9.17, 15) is 4.79 Å². The highest BCUT2D eigenvalue weighted by Crippen LogP contribution is 2.36. The molecule has 1 aliphatic heterocycles. The predicted octanol–water partition coefficient (Wildman–Crippen LogP) is 2.27. The summed E-state index contributed by atoms with van der Waals surface area (Å²) in [7, 11) is 3.42. The Labute approximate surface area is 153 Å². The van der Waals surface area contributed by atoms with Gasteiger partial charge in [0, 0.05) is 44.9 Å². The number of nitrogens with zero attached hydrogens (tertiary/aromatic N) is 3. The summed E-state index contributed by atoms with van der Waals surface area (Å²) < 4.78 is 5.25. The molecule has 1 fully saturated rings. The molecule has 134 valence electrons. The molecule has 2 aromatic rings. The van der Waals surface area contributed by atoms with Crippen molar-refractivity contribution in [1.29, 1.82) is 5.26 Å².